The molecule has 1 saturated heterocycles. The van der Waals surface area contributed by atoms with Gasteiger partial charge in [0.25, 0.3) is 0 Å². The lowest BCUT2D eigenvalue weighted by atomic mass is 10.1. The highest BCUT2D eigenvalue weighted by molar-refractivity contribution is 7.17. The molecule has 0 spiro atoms. The molecule has 0 unspecified atom stereocenters. The summed E-state index contributed by atoms with van der Waals surface area (Å²) >= 11 is 1.79. The van der Waals surface area contributed by atoms with Crippen molar-refractivity contribution in [3.05, 3.63) is 65.0 Å². The van der Waals surface area contributed by atoms with Crippen molar-refractivity contribution in [2.75, 3.05) is 31.1 Å². The predicted molar refractivity (Wildman–Crippen MR) is 113 cm³/mol. The molecule has 0 saturated carbocycles. The molecule has 4 rings (SSSR count). The van der Waals surface area contributed by atoms with Crippen molar-refractivity contribution in [1.29, 1.82) is 0 Å². The van der Waals surface area contributed by atoms with E-state index in [1.807, 2.05) is 4.90 Å². The Bertz CT molecular complexity index is 928. The molecule has 0 atom stereocenters. The van der Waals surface area contributed by atoms with Gasteiger partial charge in [0.05, 0.1) is 0 Å². The zero-order chi connectivity index (χ0) is 18.6. The van der Waals surface area contributed by atoms with Crippen molar-refractivity contribution in [2.24, 2.45) is 0 Å². The highest BCUT2D eigenvalue weighted by Crippen LogP contribution is 2.23. The zero-order valence-corrected chi connectivity index (χ0v) is 16.5. The number of fused-ring (bicyclic) bond motifs is 1. The van der Waals surface area contributed by atoms with Crippen molar-refractivity contribution in [3.63, 3.8) is 0 Å². The topological polar surface area (TPSA) is 35.6 Å². The molecule has 1 fully saturated rings. The van der Waals surface area contributed by atoms with E-state index in [-0.39, 0.29) is 5.91 Å². The maximum absolute atomic E-state index is 11.5. The molecule has 140 valence electrons. The van der Waals surface area contributed by atoms with Crippen LogP contribution in [0.1, 0.15) is 18.1 Å². The molecule has 0 bridgehead atoms. The standard InChI is InChI=1S/C22H25N3OS/c1-17(26)24-9-11-25(12-10-24)21-5-3-2-4-20(21)16-23-15-18-6-7-22-19(14-18)8-13-27-22/h2-8,13-14,23H,9-12,15-16H2,1H3. The molecule has 1 aliphatic rings. The van der Waals surface area contributed by atoms with Crippen LogP contribution in [0.25, 0.3) is 10.1 Å². The molecule has 0 aliphatic carbocycles. The molecule has 1 amide bonds. The van der Waals surface area contributed by atoms with Crippen LogP contribution in [0.15, 0.2) is 53.9 Å². The summed E-state index contributed by atoms with van der Waals surface area (Å²) in [6, 6.07) is 17.5. The first-order chi connectivity index (χ1) is 13.2. The van der Waals surface area contributed by atoms with Gasteiger partial charge < -0.3 is 15.1 Å². The van der Waals surface area contributed by atoms with E-state index in [4.69, 9.17) is 0 Å². The van der Waals surface area contributed by atoms with Gasteiger partial charge in [0.1, 0.15) is 0 Å². The number of hydrogen-bond acceptors (Lipinski definition) is 4. The summed E-state index contributed by atoms with van der Waals surface area (Å²) in [7, 11) is 0. The summed E-state index contributed by atoms with van der Waals surface area (Å²) < 4.78 is 1.34. The molecule has 1 aromatic heterocycles. The van der Waals surface area contributed by atoms with E-state index < -0.39 is 0 Å². The zero-order valence-electron chi connectivity index (χ0n) is 15.6. The Balaban J connectivity index is 1.38. The number of piperazine rings is 1. The van der Waals surface area contributed by atoms with Crippen molar-refractivity contribution >= 4 is 33.0 Å². The number of nitrogens with zero attached hydrogens (tertiary/aromatic N) is 2. The van der Waals surface area contributed by atoms with Crippen LogP contribution in [0.2, 0.25) is 0 Å². The minimum absolute atomic E-state index is 0.173. The molecule has 4 nitrogen and oxygen atoms in total. The summed E-state index contributed by atoms with van der Waals surface area (Å²) in [4.78, 5) is 15.9. The summed E-state index contributed by atoms with van der Waals surface area (Å²) in [5, 5.41) is 7.06. The minimum atomic E-state index is 0.173. The number of benzene rings is 2. The summed E-state index contributed by atoms with van der Waals surface area (Å²) in [6.45, 7) is 6.75. The minimum Gasteiger partial charge on any atom is -0.368 e. The van der Waals surface area contributed by atoms with Gasteiger partial charge >= 0.3 is 0 Å². The second-order valence-electron chi connectivity index (χ2n) is 7.02. The van der Waals surface area contributed by atoms with E-state index in [1.54, 1.807) is 18.3 Å². The fourth-order valence-electron chi connectivity index (χ4n) is 3.70. The summed E-state index contributed by atoms with van der Waals surface area (Å²) in [5.74, 6) is 0.173. The second kappa shape index (κ2) is 8.11. The smallest absolute Gasteiger partial charge is 0.219 e. The van der Waals surface area contributed by atoms with Gasteiger partial charge in [-0.2, -0.15) is 0 Å². The third-order valence-electron chi connectivity index (χ3n) is 5.22. The lowest BCUT2D eigenvalue weighted by Crippen LogP contribution is -2.48. The van der Waals surface area contributed by atoms with Gasteiger partial charge in [-0.25, -0.2) is 0 Å². The van der Waals surface area contributed by atoms with Crippen molar-refractivity contribution in [1.82, 2.24) is 10.2 Å². The molecular weight excluding hydrogens is 354 g/mol. The van der Waals surface area contributed by atoms with E-state index >= 15 is 0 Å². The van der Waals surface area contributed by atoms with Crippen LogP contribution in [0.5, 0.6) is 0 Å². The van der Waals surface area contributed by atoms with Gasteiger partial charge in [0.2, 0.25) is 5.91 Å². The molecule has 1 N–H and O–H groups in total. The number of nitrogens with one attached hydrogen (secondary N) is 1. The fourth-order valence-corrected chi connectivity index (χ4v) is 4.47. The number of rotatable bonds is 5. The van der Waals surface area contributed by atoms with Crippen LogP contribution in [0.3, 0.4) is 0 Å². The van der Waals surface area contributed by atoms with E-state index in [2.05, 4.69) is 64.1 Å². The van der Waals surface area contributed by atoms with E-state index in [0.717, 1.165) is 39.3 Å². The number of amides is 1. The number of carbonyl (C=O) groups is 1. The van der Waals surface area contributed by atoms with Gasteiger partial charge in [-0.1, -0.05) is 24.3 Å². The van der Waals surface area contributed by atoms with Crippen molar-refractivity contribution in [2.45, 2.75) is 20.0 Å². The first kappa shape index (κ1) is 18.0. The maximum atomic E-state index is 11.5. The Morgan fingerprint density at radius 2 is 1.85 bits per heavy atom. The molecule has 2 aromatic carbocycles. The van der Waals surface area contributed by atoms with Crippen molar-refractivity contribution < 1.29 is 4.79 Å². The predicted octanol–water partition coefficient (Wildman–Crippen LogP) is 3.86. The summed E-state index contributed by atoms with van der Waals surface area (Å²) in [5.41, 5.74) is 3.90. The SMILES string of the molecule is CC(=O)N1CCN(c2ccccc2CNCc2ccc3sccc3c2)CC1. The molecule has 1 aliphatic heterocycles. The third-order valence-corrected chi connectivity index (χ3v) is 6.12. The molecule has 3 aromatic rings. The lowest BCUT2D eigenvalue weighted by molar-refractivity contribution is -0.129. The molecular formula is C22H25N3OS. The number of hydrogen-bond donors (Lipinski definition) is 1. The highest BCUT2D eigenvalue weighted by Gasteiger charge is 2.20. The van der Waals surface area contributed by atoms with Crippen LogP contribution in [-0.2, 0) is 17.9 Å². The van der Waals surface area contributed by atoms with Gasteiger partial charge in [-0.05, 0) is 46.2 Å². The third kappa shape index (κ3) is 4.15. The van der Waals surface area contributed by atoms with Crippen LogP contribution in [0.4, 0.5) is 5.69 Å². The van der Waals surface area contributed by atoms with Gasteiger partial charge in [0, 0.05) is 56.6 Å². The number of carbonyl (C=O) groups excluding carboxylic acids is 1. The summed E-state index contributed by atoms with van der Waals surface area (Å²) in [6.07, 6.45) is 0. The van der Waals surface area contributed by atoms with Gasteiger partial charge in [-0.3, -0.25) is 4.79 Å². The van der Waals surface area contributed by atoms with E-state index in [9.17, 15) is 4.79 Å². The van der Waals surface area contributed by atoms with Crippen molar-refractivity contribution in [3.8, 4) is 0 Å². The molecule has 0 radical (unpaired) electrons. The lowest BCUT2D eigenvalue weighted by Gasteiger charge is -2.36. The number of anilines is 1. The quantitative estimate of drug-likeness (QED) is 0.731. The average Bonchev–Trinajstić information content (AvgIpc) is 3.16. The Hall–Kier alpha value is -2.37. The van der Waals surface area contributed by atoms with Gasteiger partial charge in [0.15, 0.2) is 0 Å². The highest BCUT2D eigenvalue weighted by atomic mass is 32.1. The monoisotopic (exact) mass is 379 g/mol. The Morgan fingerprint density at radius 3 is 2.67 bits per heavy atom. The van der Waals surface area contributed by atoms with Crippen LogP contribution in [-0.4, -0.2) is 37.0 Å². The normalized spacial score (nSPS) is 14.7. The largest absolute Gasteiger partial charge is 0.368 e. The Kier molecular flexibility index (Phi) is 5.41. The Morgan fingerprint density at radius 1 is 1.04 bits per heavy atom. The maximum Gasteiger partial charge on any atom is 0.219 e. The Labute approximate surface area is 164 Å². The van der Waals surface area contributed by atoms with E-state index in [1.165, 1.54) is 26.9 Å². The first-order valence-corrected chi connectivity index (χ1v) is 10.3. The number of para-hydroxylation sites is 1. The van der Waals surface area contributed by atoms with Crippen LogP contribution in [0, 0.1) is 0 Å². The molecule has 27 heavy (non-hydrogen) atoms. The fraction of sp³-hybridized carbons (Fsp3) is 0.318. The van der Waals surface area contributed by atoms with Crippen LogP contribution < -0.4 is 10.2 Å². The van der Waals surface area contributed by atoms with E-state index in [0.29, 0.717) is 0 Å². The van der Waals surface area contributed by atoms with Crippen LogP contribution >= 0.6 is 11.3 Å². The average molecular weight is 380 g/mol. The number of thiophene rings is 1. The molecule has 5 heteroatoms. The van der Waals surface area contributed by atoms with Gasteiger partial charge in [-0.15, -0.1) is 11.3 Å². The molecule has 2 heterocycles. The second-order valence-corrected chi connectivity index (χ2v) is 7.97. The first-order valence-electron chi connectivity index (χ1n) is 9.46.